The summed E-state index contributed by atoms with van der Waals surface area (Å²) in [5.74, 6) is 1.01. The fourth-order valence-electron chi connectivity index (χ4n) is 3.33. The van der Waals surface area contributed by atoms with Gasteiger partial charge in [0.05, 0.1) is 12.3 Å². The van der Waals surface area contributed by atoms with E-state index in [9.17, 15) is 4.39 Å². The van der Waals surface area contributed by atoms with Gasteiger partial charge in [0.25, 0.3) is 0 Å². The highest BCUT2D eigenvalue weighted by molar-refractivity contribution is 5.58. The van der Waals surface area contributed by atoms with Crippen molar-refractivity contribution in [1.82, 2.24) is 15.0 Å². The normalized spacial score (nSPS) is 16.9. The fourth-order valence-corrected chi connectivity index (χ4v) is 3.33. The number of piperidine rings is 1. The summed E-state index contributed by atoms with van der Waals surface area (Å²) >= 11 is 0. The number of hydrogen-bond acceptors (Lipinski definition) is 5. The molecule has 0 saturated carbocycles. The van der Waals surface area contributed by atoms with E-state index in [1.54, 1.807) is 36.8 Å². The molecule has 0 aliphatic carbocycles. The highest BCUT2D eigenvalue weighted by Gasteiger charge is 2.23. The zero-order chi connectivity index (χ0) is 18.5. The van der Waals surface area contributed by atoms with Gasteiger partial charge in [0.2, 0.25) is 5.95 Å². The minimum Gasteiger partial charge on any atom is -0.490 e. The molecule has 1 atom stereocenters. The third-order valence-corrected chi connectivity index (χ3v) is 4.71. The highest BCUT2D eigenvalue weighted by atomic mass is 19.1. The number of hydrogen-bond donors (Lipinski definition) is 0. The topological polar surface area (TPSA) is 51.1 Å². The molecular weight excluding hydrogens is 343 g/mol. The van der Waals surface area contributed by atoms with Crippen molar-refractivity contribution in [2.24, 2.45) is 5.92 Å². The molecule has 138 valence electrons. The van der Waals surface area contributed by atoms with E-state index in [0.717, 1.165) is 37.2 Å². The summed E-state index contributed by atoms with van der Waals surface area (Å²) in [6, 6.07) is 12.3. The lowest BCUT2D eigenvalue weighted by Crippen LogP contribution is -2.38. The molecule has 1 saturated heterocycles. The summed E-state index contributed by atoms with van der Waals surface area (Å²) in [5, 5.41) is 0. The second-order valence-electron chi connectivity index (χ2n) is 6.68. The summed E-state index contributed by atoms with van der Waals surface area (Å²) in [5.41, 5.74) is 1.83. The van der Waals surface area contributed by atoms with Crippen LogP contribution in [0.4, 0.5) is 10.3 Å². The van der Waals surface area contributed by atoms with Crippen molar-refractivity contribution >= 4 is 5.95 Å². The fraction of sp³-hybridized carbons (Fsp3) is 0.286. The Morgan fingerprint density at radius 3 is 2.89 bits per heavy atom. The number of ether oxygens (including phenoxy) is 1. The molecule has 27 heavy (non-hydrogen) atoms. The first-order valence-corrected chi connectivity index (χ1v) is 9.15. The smallest absolute Gasteiger partial charge is 0.225 e. The van der Waals surface area contributed by atoms with Crippen molar-refractivity contribution in [3.05, 3.63) is 66.9 Å². The molecule has 1 aliphatic rings. The van der Waals surface area contributed by atoms with Gasteiger partial charge in [-0.15, -0.1) is 0 Å². The third-order valence-electron chi connectivity index (χ3n) is 4.71. The second-order valence-corrected chi connectivity index (χ2v) is 6.68. The van der Waals surface area contributed by atoms with E-state index < -0.39 is 0 Å². The summed E-state index contributed by atoms with van der Waals surface area (Å²) in [6.45, 7) is 2.19. The first-order valence-electron chi connectivity index (χ1n) is 9.15. The molecule has 3 heterocycles. The van der Waals surface area contributed by atoms with Crippen molar-refractivity contribution < 1.29 is 9.13 Å². The molecule has 0 radical (unpaired) electrons. The van der Waals surface area contributed by atoms with E-state index in [2.05, 4.69) is 14.9 Å². The molecule has 3 aromatic rings. The number of aromatic nitrogens is 3. The molecule has 1 fully saturated rings. The van der Waals surface area contributed by atoms with Crippen LogP contribution in [-0.2, 0) is 0 Å². The van der Waals surface area contributed by atoms with Crippen molar-refractivity contribution in [2.75, 3.05) is 24.6 Å². The van der Waals surface area contributed by atoms with Crippen LogP contribution < -0.4 is 9.64 Å². The van der Waals surface area contributed by atoms with Crippen molar-refractivity contribution in [2.45, 2.75) is 12.8 Å². The Kier molecular flexibility index (Phi) is 5.23. The lowest BCUT2D eigenvalue weighted by atomic mass is 9.99. The quantitative estimate of drug-likeness (QED) is 0.686. The monoisotopic (exact) mass is 364 g/mol. The molecule has 6 heteroatoms. The second kappa shape index (κ2) is 8.12. The highest BCUT2D eigenvalue weighted by Crippen LogP contribution is 2.24. The van der Waals surface area contributed by atoms with Crippen molar-refractivity contribution in [3.63, 3.8) is 0 Å². The number of anilines is 1. The summed E-state index contributed by atoms with van der Waals surface area (Å²) in [7, 11) is 0. The van der Waals surface area contributed by atoms with Gasteiger partial charge in [-0.3, -0.25) is 4.98 Å². The first kappa shape index (κ1) is 17.4. The van der Waals surface area contributed by atoms with Crippen LogP contribution in [0.25, 0.3) is 11.3 Å². The summed E-state index contributed by atoms with van der Waals surface area (Å²) in [4.78, 5) is 15.5. The minimum atomic E-state index is -0.322. The lowest BCUT2D eigenvalue weighted by molar-refractivity contribution is 0.220. The van der Waals surface area contributed by atoms with Crippen molar-refractivity contribution in [3.8, 4) is 17.0 Å². The van der Waals surface area contributed by atoms with E-state index in [0.29, 0.717) is 24.2 Å². The molecular formula is C21H21FN4O. The van der Waals surface area contributed by atoms with E-state index >= 15 is 0 Å². The first-order chi connectivity index (χ1) is 13.3. The van der Waals surface area contributed by atoms with Gasteiger partial charge in [0.15, 0.2) is 11.6 Å². The van der Waals surface area contributed by atoms with E-state index in [1.165, 1.54) is 6.07 Å². The molecule has 1 unspecified atom stereocenters. The standard InChI is InChI=1S/C21H21FN4O/c22-18-7-1-2-8-20(18)27-15-16-5-4-12-26(14-16)21-24-11-9-19(25-21)17-6-3-10-23-13-17/h1-3,6-11,13,16H,4-5,12,14-15H2. The van der Waals surface area contributed by atoms with E-state index in [4.69, 9.17) is 9.72 Å². The molecule has 2 aromatic heterocycles. The van der Waals surface area contributed by atoms with E-state index in [1.807, 2.05) is 18.2 Å². The average Bonchev–Trinajstić information content (AvgIpc) is 2.74. The van der Waals surface area contributed by atoms with Gasteiger partial charge in [0, 0.05) is 43.2 Å². The Balaban J connectivity index is 1.43. The zero-order valence-corrected chi connectivity index (χ0v) is 15.0. The van der Waals surface area contributed by atoms with Gasteiger partial charge in [0.1, 0.15) is 0 Å². The third kappa shape index (κ3) is 4.22. The Morgan fingerprint density at radius 2 is 2.04 bits per heavy atom. The van der Waals surface area contributed by atoms with Gasteiger partial charge in [-0.2, -0.15) is 0 Å². The zero-order valence-electron chi connectivity index (χ0n) is 15.0. The average molecular weight is 364 g/mol. The predicted molar refractivity (Wildman–Crippen MR) is 102 cm³/mol. The number of rotatable bonds is 5. The molecule has 0 N–H and O–H groups in total. The Morgan fingerprint density at radius 1 is 1.11 bits per heavy atom. The Labute approximate surface area is 157 Å². The number of benzene rings is 1. The maximum absolute atomic E-state index is 13.7. The number of pyridine rings is 1. The van der Waals surface area contributed by atoms with Crippen LogP contribution in [0.15, 0.2) is 61.1 Å². The summed E-state index contributed by atoms with van der Waals surface area (Å²) < 4.78 is 19.4. The Hall–Kier alpha value is -3.02. The van der Waals surface area contributed by atoms with Crippen LogP contribution in [0.5, 0.6) is 5.75 Å². The molecule has 0 spiro atoms. The number of para-hydroxylation sites is 1. The maximum Gasteiger partial charge on any atom is 0.225 e. The van der Waals surface area contributed by atoms with Crippen LogP contribution in [0, 0.1) is 11.7 Å². The molecule has 4 rings (SSSR count). The summed E-state index contributed by atoms with van der Waals surface area (Å²) in [6.07, 6.45) is 7.41. The van der Waals surface area contributed by atoms with Crippen LogP contribution in [0.2, 0.25) is 0 Å². The van der Waals surface area contributed by atoms with Crippen molar-refractivity contribution in [1.29, 1.82) is 0 Å². The van der Waals surface area contributed by atoms with Gasteiger partial charge in [-0.05, 0) is 43.2 Å². The lowest BCUT2D eigenvalue weighted by Gasteiger charge is -2.32. The molecule has 1 aromatic carbocycles. The Bertz CT molecular complexity index is 890. The largest absolute Gasteiger partial charge is 0.490 e. The van der Waals surface area contributed by atoms with Crippen LogP contribution in [0.1, 0.15) is 12.8 Å². The minimum absolute atomic E-state index is 0.309. The molecule has 0 bridgehead atoms. The van der Waals surface area contributed by atoms with Gasteiger partial charge in [-0.25, -0.2) is 14.4 Å². The van der Waals surface area contributed by atoms with Crippen LogP contribution >= 0.6 is 0 Å². The van der Waals surface area contributed by atoms with Crippen LogP contribution in [0.3, 0.4) is 0 Å². The maximum atomic E-state index is 13.7. The number of halogens is 1. The van der Waals surface area contributed by atoms with Crippen LogP contribution in [-0.4, -0.2) is 34.6 Å². The predicted octanol–water partition coefficient (Wildman–Crippen LogP) is 3.97. The van der Waals surface area contributed by atoms with E-state index in [-0.39, 0.29) is 5.82 Å². The SMILES string of the molecule is Fc1ccccc1OCC1CCCN(c2nccc(-c3cccnc3)n2)C1. The molecule has 0 amide bonds. The molecule has 1 aliphatic heterocycles. The molecule has 5 nitrogen and oxygen atoms in total. The van der Waals surface area contributed by atoms with Gasteiger partial charge < -0.3 is 9.64 Å². The van der Waals surface area contributed by atoms with Gasteiger partial charge in [-0.1, -0.05) is 12.1 Å². The van der Waals surface area contributed by atoms with Gasteiger partial charge >= 0.3 is 0 Å². The number of nitrogens with zero attached hydrogens (tertiary/aromatic N) is 4.